The molecule has 3 rings (SSSR count). The Labute approximate surface area is 144 Å². The highest BCUT2D eigenvalue weighted by atomic mass is 16.6. The van der Waals surface area contributed by atoms with Crippen LogP contribution in [0.2, 0.25) is 0 Å². The molecule has 4 nitrogen and oxygen atoms in total. The van der Waals surface area contributed by atoms with Crippen LogP contribution in [0.25, 0.3) is 0 Å². The molecule has 0 aromatic carbocycles. The summed E-state index contributed by atoms with van der Waals surface area (Å²) in [5, 5.41) is 20.9. The highest BCUT2D eigenvalue weighted by Gasteiger charge is 2.40. The Morgan fingerprint density at radius 3 is 2.42 bits per heavy atom. The van der Waals surface area contributed by atoms with E-state index in [1.807, 2.05) is 32.1 Å². The number of esters is 1. The third-order valence-corrected chi connectivity index (χ3v) is 5.08. The van der Waals surface area contributed by atoms with Crippen molar-refractivity contribution in [3.05, 3.63) is 36.0 Å². The third-order valence-electron chi connectivity index (χ3n) is 5.08. The molecule has 24 heavy (non-hydrogen) atoms. The van der Waals surface area contributed by atoms with Crippen molar-refractivity contribution in [1.29, 1.82) is 0 Å². The number of carbonyl (C=O) groups is 1. The van der Waals surface area contributed by atoms with Crippen molar-refractivity contribution in [2.24, 2.45) is 5.92 Å². The van der Waals surface area contributed by atoms with Gasteiger partial charge in [0.2, 0.25) is 0 Å². The molecule has 0 radical (unpaired) electrons. The minimum Gasteiger partial charge on any atom is -0.451 e. The van der Waals surface area contributed by atoms with Crippen molar-refractivity contribution in [3.8, 4) is 0 Å². The number of aliphatic hydroxyl groups is 2. The predicted molar refractivity (Wildman–Crippen MR) is 94.4 cm³/mol. The number of ether oxygens (including phenoxy) is 1. The highest BCUT2D eigenvalue weighted by molar-refractivity contribution is 5.89. The Bertz CT molecular complexity index is 566. The van der Waals surface area contributed by atoms with Crippen LogP contribution < -0.4 is 0 Å². The Morgan fingerprint density at radius 1 is 1.08 bits per heavy atom. The van der Waals surface area contributed by atoms with Gasteiger partial charge in [0.05, 0.1) is 11.2 Å². The maximum atomic E-state index is 12.4. The Balaban J connectivity index is 2.39. The molecule has 1 saturated heterocycles. The summed E-state index contributed by atoms with van der Waals surface area (Å²) in [6.07, 6.45) is 11.9. The van der Waals surface area contributed by atoms with Crippen LogP contribution in [0, 0.1) is 5.92 Å². The van der Waals surface area contributed by atoms with Crippen LogP contribution in [0.15, 0.2) is 36.0 Å². The van der Waals surface area contributed by atoms with Crippen molar-refractivity contribution >= 4 is 5.97 Å². The van der Waals surface area contributed by atoms with Crippen LogP contribution in [0.4, 0.5) is 0 Å². The van der Waals surface area contributed by atoms with E-state index >= 15 is 0 Å². The van der Waals surface area contributed by atoms with E-state index in [2.05, 4.69) is 0 Å². The molecule has 3 atom stereocenters. The van der Waals surface area contributed by atoms with Gasteiger partial charge in [0.15, 0.2) is 0 Å². The first-order valence-corrected chi connectivity index (χ1v) is 8.81. The maximum absolute atomic E-state index is 12.4. The lowest BCUT2D eigenvalue weighted by molar-refractivity contribution is -0.159. The molecule has 0 saturated carbocycles. The van der Waals surface area contributed by atoms with Gasteiger partial charge in [-0.25, -0.2) is 4.79 Å². The fraction of sp³-hybridized carbons (Fsp3) is 0.650. The van der Waals surface area contributed by atoms with E-state index in [1.54, 1.807) is 26.0 Å². The molecular formula is C20H30O4. The van der Waals surface area contributed by atoms with Gasteiger partial charge < -0.3 is 14.9 Å². The zero-order valence-electron chi connectivity index (χ0n) is 15.2. The molecule has 2 aliphatic heterocycles. The van der Waals surface area contributed by atoms with Gasteiger partial charge in [-0.2, -0.15) is 0 Å². The number of fused-ring (bicyclic) bond motifs is 9. The van der Waals surface area contributed by atoms with E-state index in [9.17, 15) is 15.0 Å². The van der Waals surface area contributed by atoms with E-state index in [1.165, 1.54) is 0 Å². The SMILES string of the molecule is CC(C)[C@]12/C=C/[C@](C)(O)C/C=C/[C@](C)(O)CC/C=C(\CC1)C(=O)O2. The van der Waals surface area contributed by atoms with Crippen LogP contribution in [0.5, 0.6) is 0 Å². The van der Waals surface area contributed by atoms with Gasteiger partial charge in [-0.3, -0.25) is 0 Å². The number of carbonyl (C=O) groups excluding carboxylic acids is 1. The number of hydrogen-bond acceptors (Lipinski definition) is 4. The van der Waals surface area contributed by atoms with E-state index in [4.69, 9.17) is 4.74 Å². The van der Waals surface area contributed by atoms with E-state index in [0.717, 1.165) is 0 Å². The molecule has 0 aromatic rings. The van der Waals surface area contributed by atoms with Crippen LogP contribution in [0.3, 0.4) is 0 Å². The molecule has 4 heteroatoms. The first-order valence-electron chi connectivity index (χ1n) is 8.81. The summed E-state index contributed by atoms with van der Waals surface area (Å²) >= 11 is 0. The largest absolute Gasteiger partial charge is 0.451 e. The highest BCUT2D eigenvalue weighted by Crippen LogP contribution is 2.37. The predicted octanol–water partition coefficient (Wildman–Crippen LogP) is 3.44. The lowest BCUT2D eigenvalue weighted by atomic mass is 9.80. The first kappa shape index (κ1) is 18.9. The molecule has 2 N–H and O–H groups in total. The summed E-state index contributed by atoms with van der Waals surface area (Å²) in [5.74, 6) is -0.161. The van der Waals surface area contributed by atoms with Crippen LogP contribution in [-0.4, -0.2) is 33.0 Å². The third kappa shape index (κ3) is 4.58. The molecule has 1 aliphatic carbocycles. The summed E-state index contributed by atoms with van der Waals surface area (Å²) in [6.45, 7) is 7.52. The first-order chi connectivity index (χ1) is 11.1. The standard InChI is InChI=1S/C20H30O4/c1-15(2)20-12-8-16(17(21)24-20)7-5-9-18(3,22)10-6-11-19(4,23)13-14-20/h6-7,10,13-15,22-23H,5,8-9,11-12H2,1-4H3/b10-6+,14-13+,16-7+/t18-,19-,20-/m1/s1. The van der Waals surface area contributed by atoms with Crippen molar-refractivity contribution in [2.75, 3.05) is 0 Å². The van der Waals surface area contributed by atoms with Crippen LogP contribution in [0.1, 0.15) is 59.8 Å². The fourth-order valence-corrected chi connectivity index (χ4v) is 3.18. The van der Waals surface area contributed by atoms with Gasteiger partial charge in [-0.1, -0.05) is 38.2 Å². The molecule has 134 valence electrons. The number of allylic oxidation sites excluding steroid dienone is 1. The zero-order chi connectivity index (χ0) is 18.0. The van der Waals surface area contributed by atoms with Gasteiger partial charge in [0, 0.05) is 5.57 Å². The van der Waals surface area contributed by atoms with Gasteiger partial charge in [-0.05, 0) is 57.9 Å². The molecule has 2 bridgehead atoms. The van der Waals surface area contributed by atoms with Gasteiger partial charge in [-0.15, -0.1) is 0 Å². The average Bonchev–Trinajstić information content (AvgIpc) is 2.46. The topological polar surface area (TPSA) is 66.8 Å². The summed E-state index contributed by atoms with van der Waals surface area (Å²) in [4.78, 5) is 12.4. The summed E-state index contributed by atoms with van der Waals surface area (Å²) in [5.41, 5.74) is -2.00. The zero-order valence-corrected chi connectivity index (χ0v) is 15.2. The van der Waals surface area contributed by atoms with Crippen LogP contribution in [-0.2, 0) is 9.53 Å². The minimum absolute atomic E-state index is 0.124. The quantitative estimate of drug-likeness (QED) is 0.569. The molecule has 0 amide bonds. The minimum atomic E-state index is -1.05. The van der Waals surface area contributed by atoms with Crippen molar-refractivity contribution in [3.63, 3.8) is 0 Å². The van der Waals surface area contributed by atoms with E-state index in [-0.39, 0.29) is 11.9 Å². The number of hydrogen-bond donors (Lipinski definition) is 2. The van der Waals surface area contributed by atoms with Gasteiger partial charge in [0.1, 0.15) is 5.60 Å². The molecule has 0 aromatic heterocycles. The molecule has 3 aliphatic rings. The molecule has 1 fully saturated rings. The monoisotopic (exact) mass is 334 g/mol. The Hall–Kier alpha value is -1.39. The van der Waals surface area contributed by atoms with Crippen molar-refractivity contribution < 1.29 is 19.7 Å². The second-order valence-electron chi connectivity index (χ2n) is 7.92. The Kier molecular flexibility index (Phi) is 5.41. The van der Waals surface area contributed by atoms with E-state index in [0.29, 0.717) is 37.7 Å². The Morgan fingerprint density at radius 2 is 1.79 bits per heavy atom. The lowest BCUT2D eigenvalue weighted by Gasteiger charge is -2.39. The summed E-state index contributed by atoms with van der Waals surface area (Å²) in [7, 11) is 0. The van der Waals surface area contributed by atoms with Gasteiger partial charge in [0.25, 0.3) is 0 Å². The smallest absolute Gasteiger partial charge is 0.334 e. The second-order valence-corrected chi connectivity index (χ2v) is 7.92. The van der Waals surface area contributed by atoms with Crippen molar-refractivity contribution in [1.82, 2.24) is 0 Å². The number of rotatable bonds is 1. The maximum Gasteiger partial charge on any atom is 0.334 e. The normalized spacial score (nSPS) is 42.8. The molecular weight excluding hydrogens is 304 g/mol. The summed E-state index contributed by atoms with van der Waals surface area (Å²) < 4.78 is 5.80. The molecule has 0 unspecified atom stereocenters. The average molecular weight is 334 g/mol. The van der Waals surface area contributed by atoms with Crippen LogP contribution >= 0.6 is 0 Å². The van der Waals surface area contributed by atoms with E-state index < -0.39 is 16.8 Å². The fourth-order valence-electron chi connectivity index (χ4n) is 3.18. The molecule has 0 spiro atoms. The second kappa shape index (κ2) is 6.85. The lowest BCUT2D eigenvalue weighted by Crippen LogP contribution is -2.43. The van der Waals surface area contributed by atoms with Crippen molar-refractivity contribution in [2.45, 2.75) is 76.6 Å². The summed E-state index contributed by atoms with van der Waals surface area (Å²) in [6, 6.07) is 0. The molecule has 2 heterocycles. The van der Waals surface area contributed by atoms with Gasteiger partial charge >= 0.3 is 5.97 Å².